The molecule has 0 radical (unpaired) electrons. The maximum absolute atomic E-state index is 8.96. The molecule has 17 heavy (non-hydrogen) atoms. The molecule has 0 unspecified atom stereocenters. The molecule has 2 aromatic rings. The lowest BCUT2D eigenvalue weighted by atomic mass is 10.1. The van der Waals surface area contributed by atoms with Gasteiger partial charge in [-0.1, -0.05) is 30.0 Å². The first-order valence-electron chi connectivity index (χ1n) is 5.19. The van der Waals surface area contributed by atoms with Gasteiger partial charge in [0, 0.05) is 18.1 Å². The second-order valence-electron chi connectivity index (χ2n) is 3.60. The Kier molecular flexibility index (Phi) is 3.73. The summed E-state index contributed by atoms with van der Waals surface area (Å²) in [6, 6.07) is 9.78. The largest absolute Gasteiger partial charge is 0.231 e. The first-order chi connectivity index (χ1) is 8.29. The highest BCUT2D eigenvalue weighted by molar-refractivity contribution is 7.98. The Morgan fingerprint density at radius 2 is 1.94 bits per heavy atom. The third-order valence-electron chi connectivity index (χ3n) is 2.25. The summed E-state index contributed by atoms with van der Waals surface area (Å²) in [7, 11) is 0. The van der Waals surface area contributed by atoms with Gasteiger partial charge < -0.3 is 0 Å². The monoisotopic (exact) mass is 241 g/mol. The van der Waals surface area contributed by atoms with Crippen molar-refractivity contribution < 1.29 is 0 Å². The first-order valence-corrected chi connectivity index (χ1v) is 6.17. The van der Waals surface area contributed by atoms with Gasteiger partial charge >= 0.3 is 0 Å². The molecule has 0 bridgehead atoms. The summed E-state index contributed by atoms with van der Waals surface area (Å²) in [5.74, 6) is 0.715. The minimum atomic E-state index is 0.715. The van der Waals surface area contributed by atoms with E-state index in [1.807, 2.05) is 31.2 Å². The molecule has 4 heteroatoms. The predicted octanol–water partition coefficient (Wildman–Crippen LogP) is 2.95. The topological polar surface area (TPSA) is 49.6 Å². The van der Waals surface area contributed by atoms with Gasteiger partial charge in [0.15, 0.2) is 5.16 Å². The summed E-state index contributed by atoms with van der Waals surface area (Å²) in [6.07, 6.45) is 3.59. The maximum Gasteiger partial charge on any atom is 0.187 e. The average Bonchev–Trinajstić information content (AvgIpc) is 2.38. The Labute approximate surface area is 105 Å². The fraction of sp³-hybridized carbons (Fsp3) is 0.154. The van der Waals surface area contributed by atoms with E-state index in [1.54, 1.807) is 12.4 Å². The smallest absolute Gasteiger partial charge is 0.187 e. The van der Waals surface area contributed by atoms with E-state index in [9.17, 15) is 0 Å². The fourth-order valence-electron chi connectivity index (χ4n) is 1.35. The highest BCUT2D eigenvalue weighted by Crippen LogP contribution is 2.20. The molecule has 0 fully saturated rings. The lowest BCUT2D eigenvalue weighted by Gasteiger charge is -2.02. The minimum Gasteiger partial charge on any atom is -0.231 e. The van der Waals surface area contributed by atoms with Crippen LogP contribution in [0.3, 0.4) is 0 Å². The molecule has 1 aromatic carbocycles. The van der Waals surface area contributed by atoms with Crippen LogP contribution in [0.5, 0.6) is 0 Å². The SMILES string of the molecule is Cc1cnc(SCc2ccccc2C#N)nc1. The predicted molar refractivity (Wildman–Crippen MR) is 67.5 cm³/mol. The molecule has 2 rings (SSSR count). The van der Waals surface area contributed by atoms with Crippen molar-refractivity contribution in [3.63, 3.8) is 0 Å². The van der Waals surface area contributed by atoms with Gasteiger partial charge in [0.2, 0.25) is 0 Å². The number of thioether (sulfide) groups is 1. The van der Waals surface area contributed by atoms with Crippen molar-refractivity contribution in [2.24, 2.45) is 0 Å². The molecular formula is C13H11N3S. The Hall–Kier alpha value is -1.86. The Balaban J connectivity index is 2.08. The van der Waals surface area contributed by atoms with Crippen LogP contribution in [0, 0.1) is 18.3 Å². The number of nitrogens with zero attached hydrogens (tertiary/aromatic N) is 3. The number of hydrogen-bond donors (Lipinski definition) is 0. The normalized spacial score (nSPS) is 9.88. The Morgan fingerprint density at radius 3 is 2.65 bits per heavy atom. The minimum absolute atomic E-state index is 0.715. The summed E-state index contributed by atoms with van der Waals surface area (Å²) >= 11 is 1.54. The summed E-state index contributed by atoms with van der Waals surface area (Å²) in [4.78, 5) is 8.44. The molecule has 0 aliphatic rings. The molecule has 0 amide bonds. The molecule has 0 N–H and O–H groups in total. The zero-order valence-corrected chi connectivity index (χ0v) is 10.2. The molecule has 84 valence electrons. The number of aryl methyl sites for hydroxylation is 1. The Bertz CT molecular complexity index is 543. The van der Waals surface area contributed by atoms with E-state index in [0.717, 1.165) is 16.3 Å². The number of rotatable bonds is 3. The molecule has 0 saturated heterocycles. The first kappa shape index (κ1) is 11.6. The third-order valence-corrected chi connectivity index (χ3v) is 3.18. The van der Waals surface area contributed by atoms with Gasteiger partial charge in [-0.2, -0.15) is 5.26 Å². The van der Waals surface area contributed by atoms with Crippen molar-refractivity contribution in [1.29, 1.82) is 5.26 Å². The summed E-state index contributed by atoms with van der Waals surface area (Å²) in [5.41, 5.74) is 2.78. The van der Waals surface area contributed by atoms with Gasteiger partial charge in [-0.25, -0.2) is 9.97 Å². The van der Waals surface area contributed by atoms with Gasteiger partial charge in [0.05, 0.1) is 11.6 Å². The van der Waals surface area contributed by atoms with E-state index in [1.165, 1.54) is 11.8 Å². The van der Waals surface area contributed by atoms with Crippen molar-refractivity contribution in [3.8, 4) is 6.07 Å². The number of aromatic nitrogens is 2. The molecule has 0 aliphatic carbocycles. The molecule has 1 aromatic heterocycles. The summed E-state index contributed by atoms with van der Waals surface area (Å²) in [5, 5.41) is 9.70. The summed E-state index contributed by atoms with van der Waals surface area (Å²) in [6.45, 7) is 1.96. The van der Waals surface area contributed by atoms with Crippen LogP contribution in [0.25, 0.3) is 0 Å². The van der Waals surface area contributed by atoms with Crippen molar-refractivity contribution in [1.82, 2.24) is 9.97 Å². The third kappa shape index (κ3) is 3.05. The number of hydrogen-bond acceptors (Lipinski definition) is 4. The van der Waals surface area contributed by atoms with E-state index >= 15 is 0 Å². The standard InChI is InChI=1S/C13H11N3S/c1-10-7-15-13(16-8-10)17-9-12-5-3-2-4-11(12)6-14/h2-5,7-8H,9H2,1H3. The molecule has 0 spiro atoms. The molecule has 0 atom stereocenters. The highest BCUT2D eigenvalue weighted by Gasteiger charge is 2.03. The van der Waals surface area contributed by atoms with Crippen LogP contribution in [0.15, 0.2) is 41.8 Å². The van der Waals surface area contributed by atoms with Crippen LogP contribution in [-0.4, -0.2) is 9.97 Å². The lowest BCUT2D eigenvalue weighted by molar-refractivity contribution is 0.949. The zero-order chi connectivity index (χ0) is 12.1. The van der Waals surface area contributed by atoms with Crippen molar-refractivity contribution in [3.05, 3.63) is 53.3 Å². The summed E-state index contributed by atoms with van der Waals surface area (Å²) < 4.78 is 0. The van der Waals surface area contributed by atoms with E-state index in [-0.39, 0.29) is 0 Å². The van der Waals surface area contributed by atoms with E-state index in [4.69, 9.17) is 5.26 Å². The van der Waals surface area contributed by atoms with Crippen LogP contribution in [-0.2, 0) is 5.75 Å². The van der Waals surface area contributed by atoms with Crippen molar-refractivity contribution in [2.45, 2.75) is 17.8 Å². The Morgan fingerprint density at radius 1 is 1.24 bits per heavy atom. The number of benzene rings is 1. The fourth-order valence-corrected chi connectivity index (χ4v) is 2.14. The quantitative estimate of drug-likeness (QED) is 0.612. The van der Waals surface area contributed by atoms with Gasteiger partial charge in [0.25, 0.3) is 0 Å². The van der Waals surface area contributed by atoms with Crippen molar-refractivity contribution >= 4 is 11.8 Å². The van der Waals surface area contributed by atoms with Crippen LogP contribution in [0.1, 0.15) is 16.7 Å². The van der Waals surface area contributed by atoms with Crippen LogP contribution in [0.2, 0.25) is 0 Å². The average molecular weight is 241 g/mol. The van der Waals surface area contributed by atoms with Crippen LogP contribution >= 0.6 is 11.8 Å². The van der Waals surface area contributed by atoms with Gasteiger partial charge in [-0.05, 0) is 24.1 Å². The van der Waals surface area contributed by atoms with Gasteiger partial charge in [-0.15, -0.1) is 0 Å². The highest BCUT2D eigenvalue weighted by atomic mass is 32.2. The van der Waals surface area contributed by atoms with Gasteiger partial charge in [0.1, 0.15) is 0 Å². The van der Waals surface area contributed by atoms with E-state index < -0.39 is 0 Å². The second kappa shape index (κ2) is 5.46. The van der Waals surface area contributed by atoms with E-state index in [2.05, 4.69) is 16.0 Å². The number of nitriles is 1. The zero-order valence-electron chi connectivity index (χ0n) is 9.42. The van der Waals surface area contributed by atoms with Gasteiger partial charge in [-0.3, -0.25) is 0 Å². The van der Waals surface area contributed by atoms with E-state index in [0.29, 0.717) is 11.3 Å². The molecular weight excluding hydrogens is 230 g/mol. The van der Waals surface area contributed by atoms with Crippen LogP contribution in [0.4, 0.5) is 0 Å². The molecule has 0 aliphatic heterocycles. The molecule has 0 saturated carbocycles. The maximum atomic E-state index is 8.96. The molecule has 3 nitrogen and oxygen atoms in total. The van der Waals surface area contributed by atoms with Crippen LogP contribution < -0.4 is 0 Å². The lowest BCUT2D eigenvalue weighted by Crippen LogP contribution is -1.90. The van der Waals surface area contributed by atoms with Crippen molar-refractivity contribution in [2.75, 3.05) is 0 Å². The second-order valence-corrected chi connectivity index (χ2v) is 4.54. The molecule has 1 heterocycles.